The van der Waals surface area contributed by atoms with Crippen LogP contribution in [0.4, 0.5) is 17.5 Å². The Labute approximate surface area is 210 Å². The minimum absolute atomic E-state index is 0.0144. The van der Waals surface area contributed by atoms with Crippen molar-refractivity contribution in [3.05, 3.63) is 82.4 Å². The smallest absolute Gasteiger partial charge is 0.263 e. The molecule has 34 heavy (non-hydrogen) atoms. The number of para-hydroxylation sites is 1. The Morgan fingerprint density at radius 1 is 1.15 bits per heavy atom. The van der Waals surface area contributed by atoms with Gasteiger partial charge in [0.2, 0.25) is 16.0 Å². The van der Waals surface area contributed by atoms with Gasteiger partial charge < -0.3 is 11.1 Å². The molecule has 0 saturated carbocycles. The highest BCUT2D eigenvalue weighted by Gasteiger charge is 2.20. The molecule has 4 rings (SSSR count). The molecule has 0 unspecified atom stereocenters. The minimum Gasteiger partial charge on any atom is -0.368 e. The van der Waals surface area contributed by atoms with Gasteiger partial charge in [-0.3, -0.25) is 14.1 Å². The number of anilines is 3. The van der Waals surface area contributed by atoms with Gasteiger partial charge in [0.15, 0.2) is 5.82 Å². The van der Waals surface area contributed by atoms with Crippen molar-refractivity contribution in [2.45, 2.75) is 17.4 Å². The molecule has 4 aromatic rings. The maximum absolute atomic E-state index is 13.8. The molecule has 2 heterocycles. The molecule has 0 radical (unpaired) electrons. The Hall–Kier alpha value is -3.19. The first-order chi connectivity index (χ1) is 16.2. The highest BCUT2D eigenvalue weighted by Crippen LogP contribution is 2.28. The maximum Gasteiger partial charge on any atom is 0.263 e. The van der Waals surface area contributed by atoms with Gasteiger partial charge in [0.25, 0.3) is 5.56 Å². The quantitative estimate of drug-likeness (QED) is 0.220. The molecule has 0 aliphatic heterocycles. The van der Waals surface area contributed by atoms with Crippen LogP contribution in [0.5, 0.6) is 0 Å². The summed E-state index contributed by atoms with van der Waals surface area (Å²) in [6, 6.07) is 16.7. The molecule has 0 aliphatic rings. The van der Waals surface area contributed by atoms with Crippen LogP contribution in [0.15, 0.2) is 65.6 Å². The lowest BCUT2D eigenvalue weighted by atomic mass is 10.0. The molecule has 2 aromatic heterocycles. The van der Waals surface area contributed by atoms with Gasteiger partial charge in [-0.15, -0.1) is 0 Å². The van der Waals surface area contributed by atoms with Gasteiger partial charge in [-0.25, -0.2) is 13.4 Å². The van der Waals surface area contributed by atoms with Crippen molar-refractivity contribution >= 4 is 60.8 Å². The Bertz CT molecular complexity index is 1520. The van der Waals surface area contributed by atoms with Crippen LogP contribution in [0.2, 0.25) is 0 Å². The molecule has 0 spiro atoms. The van der Waals surface area contributed by atoms with Crippen LogP contribution in [0.3, 0.4) is 0 Å². The lowest BCUT2D eigenvalue weighted by Crippen LogP contribution is -2.26. The lowest BCUT2D eigenvalue weighted by molar-refractivity contribution is 0.606. The summed E-state index contributed by atoms with van der Waals surface area (Å²) in [6.45, 7) is 1.87. The van der Waals surface area contributed by atoms with E-state index in [2.05, 4.69) is 42.6 Å². The van der Waals surface area contributed by atoms with Gasteiger partial charge in [0, 0.05) is 15.8 Å². The van der Waals surface area contributed by atoms with E-state index >= 15 is 0 Å². The standard InChI is InChI=1S/C23H23IN6O3S/c1-14(27-21-18(29-34(2,32)33)13-26-23(25)28-21)19-11-15-7-6-8-16(12-24)20(15)22(31)30(19)17-9-4-3-5-10-17/h3-11,13-14,29H,12H2,1-2H3,(H3,25,26,27,28)/t14-/m0/s1. The second-order valence-corrected chi connectivity index (χ2v) is 10.3. The monoisotopic (exact) mass is 590 g/mol. The first-order valence-electron chi connectivity index (χ1n) is 10.3. The fourth-order valence-corrected chi connectivity index (χ4v) is 4.97. The number of aromatic nitrogens is 3. The van der Waals surface area contributed by atoms with Gasteiger partial charge in [0.05, 0.1) is 23.9 Å². The Balaban J connectivity index is 1.90. The molecule has 11 heteroatoms. The fourth-order valence-electron chi connectivity index (χ4n) is 3.79. The molecule has 0 aliphatic carbocycles. The van der Waals surface area contributed by atoms with E-state index in [9.17, 15) is 13.2 Å². The number of rotatable bonds is 7. The number of nitrogens with two attached hydrogens (primary N) is 1. The summed E-state index contributed by atoms with van der Waals surface area (Å²) >= 11 is 2.26. The Kier molecular flexibility index (Phi) is 6.75. The SMILES string of the molecule is C[C@H](Nc1nc(N)ncc1NS(C)(=O)=O)c1cc2cccc(CI)c2c(=O)n1-c1ccccc1. The normalized spacial score (nSPS) is 12.4. The predicted octanol–water partition coefficient (Wildman–Crippen LogP) is 3.84. The minimum atomic E-state index is -3.57. The van der Waals surface area contributed by atoms with Crippen molar-refractivity contribution < 1.29 is 8.42 Å². The van der Waals surface area contributed by atoms with Crippen LogP contribution in [0.25, 0.3) is 16.5 Å². The molecular formula is C23H23IN6O3S. The van der Waals surface area contributed by atoms with Crippen molar-refractivity contribution in [3.8, 4) is 5.69 Å². The van der Waals surface area contributed by atoms with E-state index in [0.717, 1.165) is 22.9 Å². The van der Waals surface area contributed by atoms with Gasteiger partial charge >= 0.3 is 0 Å². The predicted molar refractivity (Wildman–Crippen MR) is 144 cm³/mol. The van der Waals surface area contributed by atoms with Crippen molar-refractivity contribution in [1.82, 2.24) is 14.5 Å². The summed E-state index contributed by atoms with van der Waals surface area (Å²) in [5.74, 6) is 0.193. The Morgan fingerprint density at radius 2 is 1.88 bits per heavy atom. The van der Waals surface area contributed by atoms with E-state index in [0.29, 0.717) is 15.5 Å². The number of sulfonamides is 1. The zero-order valence-electron chi connectivity index (χ0n) is 18.5. The van der Waals surface area contributed by atoms with Crippen molar-refractivity contribution in [1.29, 1.82) is 0 Å². The number of benzene rings is 2. The fraction of sp³-hybridized carbons (Fsp3) is 0.174. The second-order valence-electron chi connectivity index (χ2n) is 7.79. The first-order valence-corrected chi connectivity index (χ1v) is 13.8. The largest absolute Gasteiger partial charge is 0.368 e. The van der Waals surface area contributed by atoms with Gasteiger partial charge in [0.1, 0.15) is 5.69 Å². The number of hydrogen-bond acceptors (Lipinski definition) is 7. The van der Waals surface area contributed by atoms with E-state index in [4.69, 9.17) is 5.73 Å². The van der Waals surface area contributed by atoms with E-state index < -0.39 is 16.1 Å². The lowest BCUT2D eigenvalue weighted by Gasteiger charge is -2.23. The van der Waals surface area contributed by atoms with Crippen molar-refractivity contribution in [3.63, 3.8) is 0 Å². The van der Waals surface area contributed by atoms with Crippen LogP contribution in [0.1, 0.15) is 24.2 Å². The zero-order chi connectivity index (χ0) is 24.5. The molecule has 1 atom stereocenters. The number of nitrogen functional groups attached to an aromatic ring is 1. The molecule has 0 bridgehead atoms. The van der Waals surface area contributed by atoms with E-state index in [1.54, 1.807) is 4.57 Å². The third-order valence-corrected chi connectivity index (χ3v) is 6.63. The average molecular weight is 590 g/mol. The number of hydrogen-bond donors (Lipinski definition) is 3. The molecule has 0 amide bonds. The molecule has 0 saturated heterocycles. The summed E-state index contributed by atoms with van der Waals surface area (Å²) in [4.78, 5) is 21.9. The van der Waals surface area contributed by atoms with Crippen LogP contribution in [-0.4, -0.2) is 29.2 Å². The highest BCUT2D eigenvalue weighted by atomic mass is 127. The van der Waals surface area contributed by atoms with Gasteiger partial charge in [-0.1, -0.05) is 59.0 Å². The number of nitrogens with one attached hydrogen (secondary N) is 2. The molecular weight excluding hydrogens is 567 g/mol. The first kappa shape index (κ1) is 24.0. The van der Waals surface area contributed by atoms with Crippen LogP contribution >= 0.6 is 22.6 Å². The third kappa shape index (κ3) is 4.99. The maximum atomic E-state index is 13.8. The topological polar surface area (TPSA) is 132 Å². The summed E-state index contributed by atoms with van der Waals surface area (Å²) in [5.41, 5.74) is 8.15. The van der Waals surface area contributed by atoms with Crippen LogP contribution in [-0.2, 0) is 14.5 Å². The summed E-state index contributed by atoms with van der Waals surface area (Å²) in [7, 11) is -3.57. The second kappa shape index (κ2) is 9.58. The number of pyridine rings is 1. The van der Waals surface area contributed by atoms with Gasteiger partial charge in [-0.05, 0) is 36.1 Å². The van der Waals surface area contributed by atoms with E-state index in [1.807, 2.05) is 61.5 Å². The Morgan fingerprint density at radius 3 is 2.56 bits per heavy atom. The van der Waals surface area contributed by atoms with E-state index in [1.165, 1.54) is 6.20 Å². The number of fused-ring (bicyclic) bond motifs is 1. The average Bonchev–Trinajstić information content (AvgIpc) is 2.80. The number of nitrogens with zero attached hydrogens (tertiary/aromatic N) is 3. The summed E-state index contributed by atoms with van der Waals surface area (Å²) in [6.07, 6.45) is 2.34. The van der Waals surface area contributed by atoms with Crippen LogP contribution in [0, 0.1) is 0 Å². The molecule has 176 valence electrons. The third-order valence-electron chi connectivity index (χ3n) is 5.22. The highest BCUT2D eigenvalue weighted by molar-refractivity contribution is 14.1. The summed E-state index contributed by atoms with van der Waals surface area (Å²) in [5, 5.41) is 4.70. The van der Waals surface area contributed by atoms with E-state index in [-0.39, 0.29) is 23.0 Å². The zero-order valence-corrected chi connectivity index (χ0v) is 21.5. The molecule has 2 aromatic carbocycles. The number of halogens is 1. The van der Waals surface area contributed by atoms with Gasteiger partial charge in [-0.2, -0.15) is 4.98 Å². The van der Waals surface area contributed by atoms with Crippen molar-refractivity contribution in [2.75, 3.05) is 22.0 Å². The summed E-state index contributed by atoms with van der Waals surface area (Å²) < 4.78 is 28.4. The van der Waals surface area contributed by atoms with Crippen LogP contribution < -0.4 is 21.3 Å². The number of alkyl halides is 1. The molecule has 4 N–H and O–H groups in total. The molecule has 9 nitrogen and oxygen atoms in total. The molecule has 0 fully saturated rings. The van der Waals surface area contributed by atoms with Crippen molar-refractivity contribution in [2.24, 2.45) is 0 Å².